The standard InChI is InChI=1S/C17H24N2O/c1-13-9-15(12-20)6-7-17(13)19-11-16-5-3-4-8-18(16)10-14(19)2/h6-7,9,12,14,16H,3-5,8,10-11H2,1-2H3. The zero-order chi connectivity index (χ0) is 14.1. The third-order valence-electron chi connectivity index (χ3n) is 4.85. The van der Waals surface area contributed by atoms with Crippen molar-refractivity contribution in [2.45, 2.75) is 45.2 Å². The highest BCUT2D eigenvalue weighted by atomic mass is 16.1. The van der Waals surface area contributed by atoms with E-state index in [4.69, 9.17) is 0 Å². The molecule has 1 aromatic rings. The van der Waals surface area contributed by atoms with E-state index in [0.29, 0.717) is 12.1 Å². The summed E-state index contributed by atoms with van der Waals surface area (Å²) in [4.78, 5) is 16.1. The minimum atomic E-state index is 0.546. The first-order valence-electron chi connectivity index (χ1n) is 7.75. The van der Waals surface area contributed by atoms with Gasteiger partial charge in [0.05, 0.1) is 0 Å². The molecule has 3 nitrogen and oxygen atoms in total. The molecule has 0 aliphatic carbocycles. The van der Waals surface area contributed by atoms with Crippen molar-refractivity contribution in [3.63, 3.8) is 0 Å². The summed E-state index contributed by atoms with van der Waals surface area (Å²) in [5.74, 6) is 0. The molecular formula is C17H24N2O. The summed E-state index contributed by atoms with van der Waals surface area (Å²) >= 11 is 0. The molecule has 2 heterocycles. The summed E-state index contributed by atoms with van der Waals surface area (Å²) in [5.41, 5.74) is 3.29. The largest absolute Gasteiger partial charge is 0.366 e. The lowest BCUT2D eigenvalue weighted by Crippen LogP contribution is -2.59. The Hall–Kier alpha value is -1.35. The third-order valence-corrected chi connectivity index (χ3v) is 4.85. The fourth-order valence-corrected chi connectivity index (χ4v) is 3.76. The first-order chi connectivity index (χ1) is 9.69. The number of anilines is 1. The number of piperazine rings is 1. The van der Waals surface area contributed by atoms with Gasteiger partial charge in [-0.2, -0.15) is 0 Å². The number of hydrogen-bond acceptors (Lipinski definition) is 3. The fraction of sp³-hybridized carbons (Fsp3) is 0.588. The van der Waals surface area contributed by atoms with Gasteiger partial charge in [0.1, 0.15) is 6.29 Å². The molecule has 0 bridgehead atoms. The molecule has 0 radical (unpaired) electrons. The highest BCUT2D eigenvalue weighted by Gasteiger charge is 2.33. The summed E-state index contributed by atoms with van der Waals surface area (Å²) < 4.78 is 0. The Balaban J connectivity index is 1.84. The second kappa shape index (κ2) is 5.57. The van der Waals surface area contributed by atoms with Crippen LogP contribution in [0.5, 0.6) is 0 Å². The molecule has 2 unspecified atom stereocenters. The van der Waals surface area contributed by atoms with E-state index in [9.17, 15) is 4.79 Å². The number of hydrogen-bond donors (Lipinski definition) is 0. The number of piperidine rings is 1. The van der Waals surface area contributed by atoms with Gasteiger partial charge in [0, 0.05) is 36.4 Å². The van der Waals surface area contributed by atoms with Crippen LogP contribution in [0.15, 0.2) is 18.2 Å². The van der Waals surface area contributed by atoms with Gasteiger partial charge in [-0.3, -0.25) is 9.69 Å². The fourth-order valence-electron chi connectivity index (χ4n) is 3.76. The molecule has 2 aliphatic rings. The first kappa shape index (κ1) is 13.6. The Labute approximate surface area is 121 Å². The van der Waals surface area contributed by atoms with Crippen LogP contribution < -0.4 is 4.90 Å². The van der Waals surface area contributed by atoms with E-state index in [1.807, 2.05) is 12.1 Å². The molecule has 108 valence electrons. The molecule has 3 heteroatoms. The van der Waals surface area contributed by atoms with Gasteiger partial charge in [-0.25, -0.2) is 0 Å². The Kier molecular flexibility index (Phi) is 3.79. The van der Waals surface area contributed by atoms with Crippen molar-refractivity contribution in [1.29, 1.82) is 0 Å². The number of benzene rings is 1. The van der Waals surface area contributed by atoms with Crippen molar-refractivity contribution >= 4 is 12.0 Å². The zero-order valence-corrected chi connectivity index (χ0v) is 12.5. The van der Waals surface area contributed by atoms with Crippen LogP contribution in [0.25, 0.3) is 0 Å². The second-order valence-electron chi connectivity index (χ2n) is 6.31. The molecule has 3 rings (SSSR count). The van der Waals surface area contributed by atoms with Gasteiger partial charge in [-0.05, 0) is 57.0 Å². The maximum absolute atomic E-state index is 10.9. The summed E-state index contributed by atoms with van der Waals surface area (Å²) in [6.45, 7) is 7.99. The molecule has 0 saturated carbocycles. The van der Waals surface area contributed by atoms with Gasteiger partial charge in [0.25, 0.3) is 0 Å². The number of fused-ring (bicyclic) bond motifs is 1. The molecule has 0 spiro atoms. The SMILES string of the molecule is Cc1cc(C=O)ccc1N1CC2CCCCN2CC1C. The maximum Gasteiger partial charge on any atom is 0.150 e. The summed E-state index contributed by atoms with van der Waals surface area (Å²) in [5, 5.41) is 0. The Bertz CT molecular complexity index is 500. The minimum Gasteiger partial charge on any atom is -0.366 e. The van der Waals surface area contributed by atoms with Crippen molar-refractivity contribution in [3.8, 4) is 0 Å². The topological polar surface area (TPSA) is 23.6 Å². The quantitative estimate of drug-likeness (QED) is 0.773. The number of nitrogens with zero attached hydrogens (tertiary/aromatic N) is 2. The smallest absolute Gasteiger partial charge is 0.150 e. The van der Waals surface area contributed by atoms with Crippen molar-refractivity contribution in [1.82, 2.24) is 4.90 Å². The summed E-state index contributed by atoms with van der Waals surface area (Å²) in [6.07, 6.45) is 4.98. The van der Waals surface area contributed by atoms with Crippen LogP contribution in [0.4, 0.5) is 5.69 Å². The molecule has 0 aromatic heterocycles. The number of rotatable bonds is 2. The average Bonchev–Trinajstić information content (AvgIpc) is 2.46. The lowest BCUT2D eigenvalue weighted by molar-refractivity contribution is 0.112. The van der Waals surface area contributed by atoms with E-state index in [0.717, 1.165) is 18.4 Å². The molecule has 1 aromatic carbocycles. The van der Waals surface area contributed by atoms with E-state index in [1.165, 1.54) is 43.6 Å². The van der Waals surface area contributed by atoms with Crippen LogP contribution in [-0.4, -0.2) is 42.9 Å². The number of carbonyl (C=O) groups is 1. The van der Waals surface area contributed by atoms with E-state index < -0.39 is 0 Å². The van der Waals surface area contributed by atoms with Gasteiger partial charge in [0.2, 0.25) is 0 Å². The Morgan fingerprint density at radius 1 is 1.25 bits per heavy atom. The van der Waals surface area contributed by atoms with E-state index in [-0.39, 0.29) is 0 Å². The molecule has 2 fully saturated rings. The first-order valence-corrected chi connectivity index (χ1v) is 7.75. The predicted octanol–water partition coefficient (Wildman–Crippen LogP) is 2.87. The molecule has 2 aliphatic heterocycles. The van der Waals surface area contributed by atoms with E-state index in [1.54, 1.807) is 0 Å². The van der Waals surface area contributed by atoms with Crippen molar-refractivity contribution in [2.75, 3.05) is 24.5 Å². The zero-order valence-electron chi connectivity index (χ0n) is 12.5. The van der Waals surface area contributed by atoms with Crippen LogP contribution in [0, 0.1) is 6.92 Å². The number of carbonyl (C=O) groups excluding carboxylic acids is 1. The molecule has 0 amide bonds. The van der Waals surface area contributed by atoms with Crippen molar-refractivity contribution in [3.05, 3.63) is 29.3 Å². The van der Waals surface area contributed by atoms with Crippen LogP contribution in [-0.2, 0) is 0 Å². The number of aryl methyl sites for hydroxylation is 1. The van der Waals surface area contributed by atoms with Crippen LogP contribution in [0.2, 0.25) is 0 Å². The average molecular weight is 272 g/mol. The van der Waals surface area contributed by atoms with Gasteiger partial charge in [-0.1, -0.05) is 6.42 Å². The molecular weight excluding hydrogens is 248 g/mol. The lowest BCUT2D eigenvalue weighted by atomic mass is 9.96. The monoisotopic (exact) mass is 272 g/mol. The normalized spacial score (nSPS) is 27.2. The van der Waals surface area contributed by atoms with Crippen molar-refractivity contribution < 1.29 is 4.79 Å². The van der Waals surface area contributed by atoms with Crippen LogP contribution in [0.3, 0.4) is 0 Å². The second-order valence-corrected chi connectivity index (χ2v) is 6.31. The van der Waals surface area contributed by atoms with Crippen LogP contribution >= 0.6 is 0 Å². The van der Waals surface area contributed by atoms with Gasteiger partial charge in [0.15, 0.2) is 0 Å². The summed E-state index contributed by atoms with van der Waals surface area (Å²) in [7, 11) is 0. The Morgan fingerprint density at radius 2 is 2.10 bits per heavy atom. The number of aldehydes is 1. The molecule has 2 atom stereocenters. The van der Waals surface area contributed by atoms with Gasteiger partial charge < -0.3 is 4.90 Å². The lowest BCUT2D eigenvalue weighted by Gasteiger charge is -2.48. The minimum absolute atomic E-state index is 0.546. The maximum atomic E-state index is 10.9. The highest BCUT2D eigenvalue weighted by molar-refractivity contribution is 5.77. The molecule has 2 saturated heterocycles. The van der Waals surface area contributed by atoms with E-state index >= 15 is 0 Å². The molecule has 0 N–H and O–H groups in total. The van der Waals surface area contributed by atoms with Gasteiger partial charge >= 0.3 is 0 Å². The summed E-state index contributed by atoms with van der Waals surface area (Å²) in [6, 6.07) is 7.32. The molecule has 20 heavy (non-hydrogen) atoms. The van der Waals surface area contributed by atoms with Crippen LogP contribution in [0.1, 0.15) is 42.1 Å². The Morgan fingerprint density at radius 3 is 2.85 bits per heavy atom. The van der Waals surface area contributed by atoms with Crippen molar-refractivity contribution in [2.24, 2.45) is 0 Å². The highest BCUT2D eigenvalue weighted by Crippen LogP contribution is 2.30. The third kappa shape index (κ3) is 2.47. The van der Waals surface area contributed by atoms with E-state index in [2.05, 4.69) is 29.7 Å². The van der Waals surface area contributed by atoms with Gasteiger partial charge in [-0.15, -0.1) is 0 Å². The predicted molar refractivity (Wildman–Crippen MR) is 82.6 cm³/mol.